The van der Waals surface area contributed by atoms with Crippen LogP contribution in [0, 0.1) is 0 Å². The third kappa shape index (κ3) is 6.33. The monoisotopic (exact) mass is 620 g/mol. The highest BCUT2D eigenvalue weighted by atomic mass is 16.3. The molecule has 4 aliphatic rings. The second-order valence-corrected chi connectivity index (χ2v) is 15.3. The van der Waals surface area contributed by atoms with Crippen LogP contribution in [0.4, 0.5) is 0 Å². The van der Waals surface area contributed by atoms with Gasteiger partial charge in [-0.1, -0.05) is 126 Å². The fourth-order valence-corrected chi connectivity index (χ4v) is 10.1. The fraction of sp³-hybridized carbons (Fsp3) is 0.581. The summed E-state index contributed by atoms with van der Waals surface area (Å²) in [6.07, 6.45) is 24.0. The Kier molecular flexibility index (Phi) is 9.94. The van der Waals surface area contributed by atoms with Crippen LogP contribution >= 0.6 is 0 Å². The standard InChI is InChI=1S/C43H56O3/c44-41-34(30-17-7-2-8-18-30)23-13-25-36(41)40(37-26-14-24-35(42(37)45)31-19-9-3-10-20-31)38-28-27-33(29-15-5-1-6-16-29)39(43(38)46)32-21-11-4-12-22-32/h13-14,23-32,40,44-46H,1-12,15-22H2. The van der Waals surface area contributed by atoms with Crippen molar-refractivity contribution in [3.05, 3.63) is 87.5 Å². The average molecular weight is 621 g/mol. The Morgan fingerprint density at radius 3 is 1.17 bits per heavy atom. The maximum atomic E-state index is 12.6. The molecule has 3 aromatic carbocycles. The summed E-state index contributed by atoms with van der Waals surface area (Å²) in [6.45, 7) is 0. The van der Waals surface area contributed by atoms with E-state index in [2.05, 4.69) is 36.4 Å². The van der Waals surface area contributed by atoms with Crippen LogP contribution in [0.25, 0.3) is 0 Å². The van der Waals surface area contributed by atoms with Gasteiger partial charge in [0.25, 0.3) is 0 Å². The number of phenols is 3. The molecule has 46 heavy (non-hydrogen) atoms. The van der Waals surface area contributed by atoms with E-state index in [-0.39, 0.29) is 0 Å². The van der Waals surface area contributed by atoms with E-state index >= 15 is 0 Å². The maximum absolute atomic E-state index is 12.6. The van der Waals surface area contributed by atoms with E-state index in [1.54, 1.807) is 0 Å². The minimum atomic E-state index is -0.449. The van der Waals surface area contributed by atoms with Crippen LogP contribution in [0.15, 0.2) is 48.5 Å². The number of aromatic hydroxyl groups is 3. The first-order valence-electron chi connectivity index (χ1n) is 19.1. The maximum Gasteiger partial charge on any atom is 0.123 e. The van der Waals surface area contributed by atoms with Gasteiger partial charge in [0.05, 0.1) is 0 Å². The van der Waals surface area contributed by atoms with Crippen LogP contribution in [-0.2, 0) is 0 Å². The summed E-state index contributed by atoms with van der Waals surface area (Å²) in [5.41, 5.74) is 7.09. The first-order valence-corrected chi connectivity index (χ1v) is 19.1. The molecule has 0 aliphatic heterocycles. The van der Waals surface area contributed by atoms with Crippen LogP contribution in [0.5, 0.6) is 17.2 Å². The summed E-state index contributed by atoms with van der Waals surface area (Å²) >= 11 is 0. The zero-order chi connectivity index (χ0) is 31.5. The van der Waals surface area contributed by atoms with Gasteiger partial charge in [-0.3, -0.25) is 0 Å². The van der Waals surface area contributed by atoms with Crippen molar-refractivity contribution in [2.75, 3.05) is 0 Å². The molecule has 0 radical (unpaired) electrons. The molecule has 3 nitrogen and oxygen atoms in total. The molecule has 3 aromatic rings. The number of hydrogen-bond donors (Lipinski definition) is 3. The molecule has 0 saturated heterocycles. The predicted octanol–water partition coefficient (Wildman–Crippen LogP) is 12.2. The minimum absolute atomic E-state index is 0.358. The number of hydrogen-bond acceptors (Lipinski definition) is 3. The normalized spacial score (nSPS) is 21.2. The van der Waals surface area contributed by atoms with Crippen LogP contribution in [0.2, 0.25) is 0 Å². The summed E-state index contributed by atoms with van der Waals surface area (Å²) in [4.78, 5) is 0. The van der Waals surface area contributed by atoms with Gasteiger partial charge in [0.2, 0.25) is 0 Å². The molecule has 0 bridgehead atoms. The predicted molar refractivity (Wildman–Crippen MR) is 189 cm³/mol. The van der Waals surface area contributed by atoms with Gasteiger partial charge in [0, 0.05) is 28.2 Å². The number of para-hydroxylation sites is 2. The van der Waals surface area contributed by atoms with E-state index in [1.165, 1.54) is 101 Å². The van der Waals surface area contributed by atoms with Crippen LogP contribution in [0.1, 0.15) is 197 Å². The van der Waals surface area contributed by atoms with Crippen molar-refractivity contribution in [3.8, 4) is 17.2 Å². The Balaban J connectivity index is 1.41. The number of rotatable bonds is 7. The molecule has 4 saturated carbocycles. The third-order valence-corrected chi connectivity index (χ3v) is 12.6. The molecule has 0 amide bonds. The zero-order valence-corrected chi connectivity index (χ0v) is 28.0. The molecule has 0 spiro atoms. The molecule has 0 unspecified atom stereocenters. The molecular weight excluding hydrogens is 564 g/mol. The minimum Gasteiger partial charge on any atom is -0.507 e. The topological polar surface area (TPSA) is 60.7 Å². The van der Waals surface area contributed by atoms with Gasteiger partial charge in [-0.2, -0.15) is 0 Å². The van der Waals surface area contributed by atoms with Gasteiger partial charge < -0.3 is 15.3 Å². The molecule has 3 heteroatoms. The van der Waals surface area contributed by atoms with Crippen molar-refractivity contribution in [3.63, 3.8) is 0 Å². The highest BCUT2D eigenvalue weighted by molar-refractivity contribution is 5.62. The van der Waals surface area contributed by atoms with Gasteiger partial charge in [0.1, 0.15) is 17.2 Å². The summed E-state index contributed by atoms with van der Waals surface area (Å²) in [5, 5.41) is 36.9. The van der Waals surface area contributed by atoms with Crippen molar-refractivity contribution in [2.24, 2.45) is 0 Å². The van der Waals surface area contributed by atoms with Crippen molar-refractivity contribution >= 4 is 0 Å². The van der Waals surface area contributed by atoms with Gasteiger partial charge >= 0.3 is 0 Å². The molecule has 7 rings (SSSR count). The number of benzene rings is 3. The zero-order valence-electron chi connectivity index (χ0n) is 28.0. The van der Waals surface area contributed by atoms with Crippen molar-refractivity contribution in [2.45, 2.75) is 158 Å². The van der Waals surface area contributed by atoms with Crippen LogP contribution in [-0.4, -0.2) is 15.3 Å². The molecule has 246 valence electrons. The average Bonchev–Trinajstić information content (AvgIpc) is 3.11. The lowest BCUT2D eigenvalue weighted by atomic mass is 9.72. The Labute approximate surface area is 277 Å². The molecule has 4 fully saturated rings. The molecule has 4 aliphatic carbocycles. The fourth-order valence-electron chi connectivity index (χ4n) is 10.1. The highest BCUT2D eigenvalue weighted by Gasteiger charge is 2.34. The van der Waals surface area contributed by atoms with E-state index in [9.17, 15) is 15.3 Å². The first kappa shape index (κ1) is 31.6. The van der Waals surface area contributed by atoms with E-state index in [4.69, 9.17) is 0 Å². The second-order valence-electron chi connectivity index (χ2n) is 15.3. The summed E-state index contributed by atoms with van der Waals surface area (Å²) in [6, 6.07) is 17.0. The Morgan fingerprint density at radius 1 is 0.370 bits per heavy atom. The lowest BCUT2D eigenvalue weighted by Crippen LogP contribution is -2.15. The SMILES string of the molecule is Oc1c(C2CCCCC2)cccc1C(c1cccc(C2CCCCC2)c1O)c1ccc(C2CCCCC2)c(C2CCCCC2)c1O. The van der Waals surface area contributed by atoms with Crippen LogP contribution in [0.3, 0.4) is 0 Å². The Bertz CT molecular complexity index is 1400. The van der Waals surface area contributed by atoms with Gasteiger partial charge in [0.15, 0.2) is 0 Å². The van der Waals surface area contributed by atoms with E-state index in [0.717, 1.165) is 66.3 Å². The number of phenolic OH excluding ortho intramolecular Hbond substituents is 3. The molecule has 0 heterocycles. The third-order valence-electron chi connectivity index (χ3n) is 12.6. The van der Waals surface area contributed by atoms with Crippen molar-refractivity contribution in [1.82, 2.24) is 0 Å². The molecule has 3 N–H and O–H groups in total. The van der Waals surface area contributed by atoms with Crippen molar-refractivity contribution in [1.29, 1.82) is 0 Å². The van der Waals surface area contributed by atoms with E-state index in [0.29, 0.717) is 40.9 Å². The van der Waals surface area contributed by atoms with Crippen LogP contribution < -0.4 is 0 Å². The first-order chi connectivity index (χ1) is 22.6. The van der Waals surface area contributed by atoms with Gasteiger partial charge in [-0.25, -0.2) is 0 Å². The molecule has 0 atom stereocenters. The summed E-state index contributed by atoms with van der Waals surface area (Å²) < 4.78 is 0. The largest absolute Gasteiger partial charge is 0.507 e. The summed E-state index contributed by atoms with van der Waals surface area (Å²) in [5.74, 6) is 2.28. The quantitative estimate of drug-likeness (QED) is 0.230. The lowest BCUT2D eigenvalue weighted by Gasteiger charge is -2.33. The van der Waals surface area contributed by atoms with E-state index < -0.39 is 5.92 Å². The highest BCUT2D eigenvalue weighted by Crippen LogP contribution is 2.53. The summed E-state index contributed by atoms with van der Waals surface area (Å²) in [7, 11) is 0. The Morgan fingerprint density at radius 2 is 0.739 bits per heavy atom. The Hall–Kier alpha value is -2.94. The molecule has 0 aromatic heterocycles. The van der Waals surface area contributed by atoms with Crippen molar-refractivity contribution < 1.29 is 15.3 Å². The lowest BCUT2D eigenvalue weighted by molar-refractivity contribution is 0.392. The second kappa shape index (κ2) is 14.4. The van der Waals surface area contributed by atoms with Gasteiger partial charge in [-0.15, -0.1) is 0 Å². The van der Waals surface area contributed by atoms with Gasteiger partial charge in [-0.05, 0) is 91.7 Å². The smallest absolute Gasteiger partial charge is 0.123 e. The van der Waals surface area contributed by atoms with E-state index in [1.807, 2.05) is 12.1 Å². The molecular formula is C43H56O3.